The van der Waals surface area contributed by atoms with Crippen LogP contribution in [0.1, 0.15) is 23.2 Å². The lowest BCUT2D eigenvalue weighted by atomic mass is 10.1. The molecule has 1 aliphatic heterocycles. The smallest absolute Gasteiger partial charge is 0.259 e. The van der Waals surface area contributed by atoms with Crippen molar-refractivity contribution in [1.82, 2.24) is 10.2 Å². The minimum absolute atomic E-state index is 0.0343. The third kappa shape index (κ3) is 3.74. The molecule has 116 valence electrons. The number of rotatable bonds is 5. The van der Waals surface area contributed by atoms with Gasteiger partial charge in [0.1, 0.15) is 23.0 Å². The minimum Gasteiger partial charge on any atom is -0.395 e. The maximum atomic E-state index is 13.7. The molecule has 1 fully saturated rings. The number of nitrogens with zero attached hydrogens (tertiary/aromatic N) is 1. The second kappa shape index (κ2) is 6.91. The Labute approximate surface area is 120 Å². The predicted octanol–water partition coefficient (Wildman–Crippen LogP) is 1.29. The monoisotopic (exact) mass is 302 g/mol. The highest BCUT2D eigenvalue weighted by molar-refractivity contribution is 5.94. The van der Waals surface area contributed by atoms with Crippen molar-refractivity contribution in [2.45, 2.75) is 18.9 Å². The molecule has 21 heavy (non-hydrogen) atoms. The first-order valence-corrected chi connectivity index (χ1v) is 6.81. The van der Waals surface area contributed by atoms with Crippen molar-refractivity contribution in [2.24, 2.45) is 0 Å². The molecule has 1 atom stereocenters. The van der Waals surface area contributed by atoms with Gasteiger partial charge in [-0.3, -0.25) is 4.79 Å². The minimum atomic E-state index is -1.24. The van der Waals surface area contributed by atoms with Crippen LogP contribution in [0.2, 0.25) is 0 Å². The van der Waals surface area contributed by atoms with E-state index in [0.29, 0.717) is 12.1 Å². The molecule has 1 amide bonds. The Kier molecular flexibility index (Phi) is 5.19. The van der Waals surface area contributed by atoms with Gasteiger partial charge in [0.05, 0.1) is 6.61 Å². The molecule has 0 spiro atoms. The van der Waals surface area contributed by atoms with Crippen LogP contribution in [0.4, 0.5) is 13.2 Å². The normalized spacial score (nSPS) is 18.0. The number of carbonyl (C=O) groups is 1. The van der Waals surface area contributed by atoms with E-state index in [1.165, 1.54) is 4.90 Å². The Morgan fingerprint density at radius 3 is 2.52 bits per heavy atom. The number of aliphatic hydroxyl groups is 1. The van der Waals surface area contributed by atoms with Gasteiger partial charge >= 0.3 is 0 Å². The fraction of sp³-hybridized carbons (Fsp3) is 0.500. The van der Waals surface area contributed by atoms with Crippen LogP contribution in [0, 0.1) is 17.5 Å². The lowest BCUT2D eigenvalue weighted by Crippen LogP contribution is -2.43. The molecule has 1 aromatic carbocycles. The van der Waals surface area contributed by atoms with Gasteiger partial charge in [-0.15, -0.1) is 0 Å². The Morgan fingerprint density at radius 1 is 1.33 bits per heavy atom. The molecule has 1 heterocycles. The number of aliphatic hydroxyl groups excluding tert-OH is 1. The number of hydrogen-bond acceptors (Lipinski definition) is 3. The topological polar surface area (TPSA) is 52.6 Å². The van der Waals surface area contributed by atoms with Crippen molar-refractivity contribution in [3.05, 3.63) is 35.1 Å². The summed E-state index contributed by atoms with van der Waals surface area (Å²) in [5.41, 5.74) is -0.789. The quantitative estimate of drug-likeness (QED) is 0.862. The van der Waals surface area contributed by atoms with Crippen molar-refractivity contribution in [2.75, 3.05) is 26.2 Å². The van der Waals surface area contributed by atoms with Gasteiger partial charge in [-0.2, -0.15) is 0 Å². The number of hydrogen-bond donors (Lipinski definition) is 2. The molecule has 1 aliphatic rings. The van der Waals surface area contributed by atoms with E-state index in [1.54, 1.807) is 0 Å². The zero-order valence-corrected chi connectivity index (χ0v) is 11.4. The van der Waals surface area contributed by atoms with Crippen molar-refractivity contribution in [3.8, 4) is 0 Å². The second-order valence-corrected chi connectivity index (χ2v) is 5.01. The summed E-state index contributed by atoms with van der Waals surface area (Å²) in [5, 5.41) is 12.2. The zero-order chi connectivity index (χ0) is 15.4. The summed E-state index contributed by atoms with van der Waals surface area (Å²) in [6.07, 6.45) is 1.81. The summed E-state index contributed by atoms with van der Waals surface area (Å²) in [6.45, 7) is 0.719. The van der Waals surface area contributed by atoms with Gasteiger partial charge in [0.2, 0.25) is 0 Å². The molecule has 2 N–H and O–H groups in total. The maximum absolute atomic E-state index is 13.7. The first-order valence-electron chi connectivity index (χ1n) is 6.81. The number of benzene rings is 1. The fourth-order valence-corrected chi connectivity index (χ4v) is 2.48. The molecule has 2 rings (SSSR count). The number of halogens is 3. The summed E-state index contributed by atoms with van der Waals surface area (Å²) in [7, 11) is 0. The van der Waals surface area contributed by atoms with Crippen molar-refractivity contribution in [1.29, 1.82) is 0 Å². The van der Waals surface area contributed by atoms with Crippen molar-refractivity contribution >= 4 is 5.91 Å². The Bertz CT molecular complexity index is 496. The van der Waals surface area contributed by atoms with E-state index >= 15 is 0 Å². The van der Waals surface area contributed by atoms with Gasteiger partial charge < -0.3 is 15.3 Å². The molecule has 0 aliphatic carbocycles. The van der Waals surface area contributed by atoms with Crippen LogP contribution < -0.4 is 5.32 Å². The molecular formula is C14H17F3N2O2. The van der Waals surface area contributed by atoms with E-state index in [-0.39, 0.29) is 25.7 Å². The first kappa shape index (κ1) is 15.8. The van der Waals surface area contributed by atoms with Gasteiger partial charge in [-0.05, 0) is 19.4 Å². The Balaban J connectivity index is 2.21. The number of carbonyl (C=O) groups excluding carboxylic acids is 1. The standard InChI is InChI=1S/C14H17F3N2O2/c15-9-6-11(16)13(12(17)7-9)14(21)19(4-5-20)8-10-2-1-3-18-10/h6-7,10,18,20H,1-5,8H2. The third-order valence-electron chi connectivity index (χ3n) is 3.48. The SMILES string of the molecule is O=C(c1c(F)cc(F)cc1F)N(CCO)CC1CCCN1. The fourth-order valence-electron chi connectivity index (χ4n) is 2.48. The lowest BCUT2D eigenvalue weighted by molar-refractivity contribution is 0.0696. The van der Waals surface area contributed by atoms with E-state index in [2.05, 4.69) is 5.32 Å². The van der Waals surface area contributed by atoms with E-state index in [1.807, 2.05) is 0 Å². The molecule has 1 aromatic rings. The second-order valence-electron chi connectivity index (χ2n) is 5.01. The predicted molar refractivity (Wildman–Crippen MR) is 70.3 cm³/mol. The number of amides is 1. The van der Waals surface area contributed by atoms with Gasteiger partial charge in [0, 0.05) is 31.3 Å². The van der Waals surface area contributed by atoms with Gasteiger partial charge in [-0.1, -0.05) is 0 Å². The Morgan fingerprint density at radius 2 is 2.00 bits per heavy atom. The van der Waals surface area contributed by atoms with E-state index in [4.69, 9.17) is 5.11 Å². The summed E-state index contributed by atoms with van der Waals surface area (Å²) >= 11 is 0. The molecule has 0 saturated carbocycles. The van der Waals surface area contributed by atoms with Gasteiger partial charge in [-0.25, -0.2) is 13.2 Å². The van der Waals surface area contributed by atoms with Crippen LogP contribution in [0.5, 0.6) is 0 Å². The third-order valence-corrected chi connectivity index (χ3v) is 3.48. The van der Waals surface area contributed by atoms with Crippen LogP contribution in [-0.2, 0) is 0 Å². The molecule has 1 unspecified atom stereocenters. The van der Waals surface area contributed by atoms with Crippen LogP contribution in [0.3, 0.4) is 0 Å². The molecule has 0 radical (unpaired) electrons. The lowest BCUT2D eigenvalue weighted by Gasteiger charge is -2.25. The molecule has 4 nitrogen and oxygen atoms in total. The highest BCUT2D eigenvalue weighted by Crippen LogP contribution is 2.18. The van der Waals surface area contributed by atoms with Crippen molar-refractivity contribution < 1.29 is 23.1 Å². The average Bonchev–Trinajstić information content (AvgIpc) is 2.89. The van der Waals surface area contributed by atoms with E-state index < -0.39 is 28.9 Å². The van der Waals surface area contributed by atoms with Crippen molar-refractivity contribution in [3.63, 3.8) is 0 Å². The van der Waals surface area contributed by atoms with E-state index in [0.717, 1.165) is 19.4 Å². The van der Waals surface area contributed by atoms with Crippen LogP contribution in [0.15, 0.2) is 12.1 Å². The number of nitrogens with one attached hydrogen (secondary N) is 1. The highest BCUT2D eigenvalue weighted by atomic mass is 19.1. The van der Waals surface area contributed by atoms with Crippen LogP contribution in [0.25, 0.3) is 0 Å². The molecule has 1 saturated heterocycles. The summed E-state index contributed by atoms with van der Waals surface area (Å²) < 4.78 is 40.2. The van der Waals surface area contributed by atoms with Crippen LogP contribution >= 0.6 is 0 Å². The largest absolute Gasteiger partial charge is 0.395 e. The maximum Gasteiger partial charge on any atom is 0.259 e. The molecular weight excluding hydrogens is 285 g/mol. The molecule has 0 aromatic heterocycles. The summed E-state index contributed by atoms with van der Waals surface area (Å²) in [5.74, 6) is -4.43. The summed E-state index contributed by atoms with van der Waals surface area (Å²) in [6, 6.07) is 0.981. The average molecular weight is 302 g/mol. The Hall–Kier alpha value is -1.60. The molecule has 7 heteroatoms. The zero-order valence-electron chi connectivity index (χ0n) is 11.4. The van der Waals surface area contributed by atoms with Crippen LogP contribution in [-0.4, -0.2) is 48.2 Å². The summed E-state index contributed by atoms with van der Waals surface area (Å²) in [4.78, 5) is 13.4. The first-order chi connectivity index (χ1) is 10.0. The highest BCUT2D eigenvalue weighted by Gasteiger charge is 2.26. The molecule has 0 bridgehead atoms. The van der Waals surface area contributed by atoms with Gasteiger partial charge in [0.15, 0.2) is 0 Å². The van der Waals surface area contributed by atoms with E-state index in [9.17, 15) is 18.0 Å². The van der Waals surface area contributed by atoms with Gasteiger partial charge in [0.25, 0.3) is 5.91 Å².